The average Bonchev–Trinajstić information content (AvgIpc) is 2.55. The van der Waals surface area contributed by atoms with E-state index in [-0.39, 0.29) is 5.92 Å². The lowest BCUT2D eigenvalue weighted by molar-refractivity contribution is 0.00874. The third kappa shape index (κ3) is 1.68. The first kappa shape index (κ1) is 9.71. The number of hydrogen-bond donors (Lipinski definition) is 2. The minimum atomic E-state index is -0.775. The van der Waals surface area contributed by atoms with Crippen LogP contribution in [-0.2, 0) is 5.60 Å². The lowest BCUT2D eigenvalue weighted by Crippen LogP contribution is -2.33. The fourth-order valence-electron chi connectivity index (χ4n) is 1.04. The quantitative estimate of drug-likeness (QED) is 0.750. The van der Waals surface area contributed by atoms with Crippen LogP contribution in [0.4, 0.5) is 0 Å². The number of aliphatic hydroxyl groups is 1. The molecule has 1 heterocycles. The molecule has 0 aliphatic rings. The maximum absolute atomic E-state index is 10.1. The summed E-state index contributed by atoms with van der Waals surface area (Å²) in [5.41, 5.74) is 4.73. The summed E-state index contributed by atoms with van der Waals surface area (Å²) < 4.78 is 0. The van der Waals surface area contributed by atoms with Crippen LogP contribution in [0.15, 0.2) is 17.5 Å². The summed E-state index contributed by atoms with van der Waals surface area (Å²) in [7, 11) is 0. The van der Waals surface area contributed by atoms with Gasteiger partial charge in [0, 0.05) is 10.8 Å². The molecule has 68 valence electrons. The highest BCUT2D eigenvalue weighted by Gasteiger charge is 2.30. The summed E-state index contributed by atoms with van der Waals surface area (Å²) in [6.45, 7) is 4.28. The van der Waals surface area contributed by atoms with Crippen molar-refractivity contribution in [3.8, 4) is 0 Å². The fraction of sp³-hybridized carbons (Fsp3) is 0.556. The van der Waals surface area contributed by atoms with Gasteiger partial charge in [-0.2, -0.15) is 0 Å². The maximum Gasteiger partial charge on any atom is 0.0997 e. The lowest BCUT2D eigenvalue weighted by atomic mass is 9.89. The topological polar surface area (TPSA) is 46.2 Å². The van der Waals surface area contributed by atoms with Gasteiger partial charge in [-0.25, -0.2) is 0 Å². The molecular weight excluding hydrogens is 170 g/mol. The van der Waals surface area contributed by atoms with Crippen LogP contribution in [0, 0.1) is 5.92 Å². The Bertz CT molecular complexity index is 231. The Labute approximate surface area is 77.0 Å². The molecule has 0 saturated heterocycles. The van der Waals surface area contributed by atoms with Crippen molar-refractivity contribution < 1.29 is 5.11 Å². The first-order valence-corrected chi connectivity index (χ1v) is 4.93. The zero-order chi connectivity index (χ0) is 9.19. The minimum absolute atomic E-state index is 0.0937. The summed E-state index contributed by atoms with van der Waals surface area (Å²) in [5, 5.41) is 12.0. The van der Waals surface area contributed by atoms with Gasteiger partial charge in [0.2, 0.25) is 0 Å². The molecule has 1 aromatic heterocycles. The van der Waals surface area contributed by atoms with Crippen LogP contribution in [0.25, 0.3) is 0 Å². The van der Waals surface area contributed by atoms with E-state index in [1.165, 1.54) is 0 Å². The van der Waals surface area contributed by atoms with Gasteiger partial charge in [0.05, 0.1) is 5.60 Å². The standard InChI is InChI=1S/C9H15NOS/c1-7(6-10)9(2,11)8-4-3-5-12-8/h3-5,7,11H,6,10H2,1-2H3. The highest BCUT2D eigenvalue weighted by Crippen LogP contribution is 2.31. The molecule has 1 aromatic rings. The Morgan fingerprint density at radius 2 is 2.42 bits per heavy atom. The predicted octanol–water partition coefficient (Wildman–Crippen LogP) is 1.55. The molecule has 0 aliphatic carbocycles. The average molecular weight is 185 g/mol. The Morgan fingerprint density at radius 1 is 1.75 bits per heavy atom. The van der Waals surface area contributed by atoms with Crippen molar-refractivity contribution in [1.82, 2.24) is 0 Å². The molecule has 12 heavy (non-hydrogen) atoms. The summed E-state index contributed by atoms with van der Waals surface area (Å²) >= 11 is 1.57. The molecule has 0 spiro atoms. The predicted molar refractivity (Wildman–Crippen MR) is 52.1 cm³/mol. The number of nitrogens with two attached hydrogens (primary N) is 1. The monoisotopic (exact) mass is 185 g/mol. The maximum atomic E-state index is 10.1. The van der Waals surface area contributed by atoms with Gasteiger partial charge in [-0.1, -0.05) is 13.0 Å². The summed E-state index contributed by atoms with van der Waals surface area (Å²) in [4.78, 5) is 0.987. The molecule has 1 rings (SSSR count). The van der Waals surface area contributed by atoms with Gasteiger partial charge in [-0.15, -0.1) is 11.3 Å². The lowest BCUT2D eigenvalue weighted by Gasteiger charge is -2.28. The van der Waals surface area contributed by atoms with Crippen molar-refractivity contribution in [3.63, 3.8) is 0 Å². The second-order valence-electron chi connectivity index (χ2n) is 3.26. The summed E-state index contributed by atoms with van der Waals surface area (Å²) in [6.07, 6.45) is 0. The van der Waals surface area contributed by atoms with Crippen molar-refractivity contribution in [2.75, 3.05) is 6.54 Å². The van der Waals surface area contributed by atoms with Crippen molar-refractivity contribution >= 4 is 11.3 Å². The number of rotatable bonds is 3. The molecule has 2 unspecified atom stereocenters. The molecule has 2 atom stereocenters. The molecule has 0 bridgehead atoms. The van der Waals surface area contributed by atoms with Crippen LogP contribution < -0.4 is 5.73 Å². The Kier molecular flexibility index (Phi) is 2.88. The van der Waals surface area contributed by atoms with Crippen LogP contribution in [0.1, 0.15) is 18.7 Å². The molecule has 2 nitrogen and oxygen atoms in total. The molecule has 0 radical (unpaired) electrons. The normalized spacial score (nSPS) is 18.7. The highest BCUT2D eigenvalue weighted by molar-refractivity contribution is 7.10. The fourth-order valence-corrected chi connectivity index (χ4v) is 1.94. The van der Waals surface area contributed by atoms with Crippen LogP contribution in [-0.4, -0.2) is 11.7 Å². The van der Waals surface area contributed by atoms with Gasteiger partial charge in [0.25, 0.3) is 0 Å². The highest BCUT2D eigenvalue weighted by atomic mass is 32.1. The van der Waals surface area contributed by atoms with Crippen molar-refractivity contribution in [2.45, 2.75) is 19.4 Å². The van der Waals surface area contributed by atoms with E-state index in [1.807, 2.05) is 31.4 Å². The van der Waals surface area contributed by atoms with E-state index in [2.05, 4.69) is 0 Å². The molecule has 0 fully saturated rings. The third-order valence-corrected chi connectivity index (χ3v) is 3.43. The zero-order valence-corrected chi connectivity index (χ0v) is 8.27. The van der Waals surface area contributed by atoms with Gasteiger partial charge in [-0.05, 0) is 24.9 Å². The Morgan fingerprint density at radius 3 is 2.83 bits per heavy atom. The molecular formula is C9H15NOS. The van der Waals surface area contributed by atoms with Crippen molar-refractivity contribution in [1.29, 1.82) is 0 Å². The largest absolute Gasteiger partial charge is 0.384 e. The molecule has 3 heteroatoms. The molecule has 0 aromatic carbocycles. The van der Waals surface area contributed by atoms with E-state index in [0.717, 1.165) is 4.88 Å². The van der Waals surface area contributed by atoms with Gasteiger partial charge in [0.15, 0.2) is 0 Å². The van der Waals surface area contributed by atoms with Gasteiger partial charge < -0.3 is 10.8 Å². The minimum Gasteiger partial charge on any atom is -0.384 e. The SMILES string of the molecule is CC(CN)C(C)(O)c1cccs1. The van der Waals surface area contributed by atoms with Gasteiger partial charge in [0.1, 0.15) is 0 Å². The Hall–Kier alpha value is -0.380. The number of thiophene rings is 1. The molecule has 0 aliphatic heterocycles. The van der Waals surface area contributed by atoms with Gasteiger partial charge in [-0.3, -0.25) is 0 Å². The summed E-state index contributed by atoms with van der Waals surface area (Å²) in [5.74, 6) is 0.0937. The van der Waals surface area contributed by atoms with Crippen LogP contribution in [0.3, 0.4) is 0 Å². The van der Waals surface area contributed by atoms with Crippen LogP contribution in [0.2, 0.25) is 0 Å². The molecule has 3 N–H and O–H groups in total. The summed E-state index contributed by atoms with van der Waals surface area (Å²) in [6, 6.07) is 3.88. The molecule has 0 amide bonds. The van der Waals surface area contributed by atoms with Gasteiger partial charge >= 0.3 is 0 Å². The van der Waals surface area contributed by atoms with Crippen LogP contribution >= 0.6 is 11.3 Å². The first-order chi connectivity index (χ1) is 5.59. The molecule has 0 saturated carbocycles. The van der Waals surface area contributed by atoms with Crippen LogP contribution in [0.5, 0.6) is 0 Å². The van der Waals surface area contributed by atoms with Crippen molar-refractivity contribution in [3.05, 3.63) is 22.4 Å². The third-order valence-electron chi connectivity index (χ3n) is 2.33. The van der Waals surface area contributed by atoms with E-state index in [0.29, 0.717) is 6.54 Å². The number of hydrogen-bond acceptors (Lipinski definition) is 3. The Balaban J connectivity index is 2.85. The van der Waals surface area contributed by atoms with Crippen molar-refractivity contribution in [2.24, 2.45) is 11.7 Å². The van der Waals surface area contributed by atoms with E-state index in [1.54, 1.807) is 11.3 Å². The first-order valence-electron chi connectivity index (χ1n) is 4.05. The second-order valence-corrected chi connectivity index (χ2v) is 4.21. The van der Waals surface area contributed by atoms with E-state index in [9.17, 15) is 5.11 Å². The van der Waals surface area contributed by atoms with E-state index in [4.69, 9.17) is 5.73 Å². The second kappa shape index (κ2) is 3.56. The van der Waals surface area contributed by atoms with E-state index < -0.39 is 5.60 Å². The zero-order valence-electron chi connectivity index (χ0n) is 7.45. The smallest absolute Gasteiger partial charge is 0.0997 e. The van der Waals surface area contributed by atoms with E-state index >= 15 is 0 Å².